The van der Waals surface area contributed by atoms with Gasteiger partial charge in [-0.1, -0.05) is 32.0 Å². The van der Waals surface area contributed by atoms with Gasteiger partial charge in [-0.3, -0.25) is 4.79 Å². The molecule has 0 N–H and O–H groups in total. The summed E-state index contributed by atoms with van der Waals surface area (Å²) in [6.45, 7) is 5.48. The van der Waals surface area contributed by atoms with Gasteiger partial charge < -0.3 is 4.74 Å². The van der Waals surface area contributed by atoms with Crippen LogP contribution in [-0.2, 0) is 4.79 Å². The van der Waals surface area contributed by atoms with Gasteiger partial charge in [0.2, 0.25) is 0 Å². The van der Waals surface area contributed by atoms with Crippen LogP contribution >= 0.6 is 0 Å². The Labute approximate surface area is 113 Å². The van der Waals surface area contributed by atoms with E-state index in [0.717, 1.165) is 5.69 Å². The molecule has 1 heterocycles. The van der Waals surface area contributed by atoms with Crippen molar-refractivity contribution in [1.82, 2.24) is 9.78 Å². The van der Waals surface area contributed by atoms with Gasteiger partial charge in [-0.25, -0.2) is 4.68 Å². The number of aromatic nitrogens is 2. The van der Waals surface area contributed by atoms with Crippen molar-refractivity contribution in [3.8, 4) is 11.4 Å². The minimum absolute atomic E-state index is 0.0301. The lowest BCUT2D eigenvalue weighted by atomic mass is 10.0. The van der Waals surface area contributed by atoms with Gasteiger partial charge in [-0.05, 0) is 25.0 Å². The summed E-state index contributed by atoms with van der Waals surface area (Å²) in [5.74, 6) is 0.776. The number of carbonyl (C=O) groups excluding carboxylic acids is 1. The average molecular weight is 258 g/mol. The molecule has 0 aliphatic rings. The molecule has 100 valence electrons. The first-order chi connectivity index (χ1) is 9.08. The molecule has 2 aromatic rings. The molecule has 0 radical (unpaired) electrons. The third kappa shape index (κ3) is 3.22. The molecule has 1 atom stereocenters. The van der Waals surface area contributed by atoms with Crippen molar-refractivity contribution in [2.75, 3.05) is 0 Å². The van der Waals surface area contributed by atoms with Crippen LogP contribution in [0.3, 0.4) is 0 Å². The van der Waals surface area contributed by atoms with E-state index in [9.17, 15) is 4.79 Å². The Morgan fingerprint density at radius 1 is 1.26 bits per heavy atom. The lowest BCUT2D eigenvalue weighted by Crippen LogP contribution is -2.30. The van der Waals surface area contributed by atoms with E-state index in [4.69, 9.17) is 4.74 Å². The molecule has 0 aliphatic carbocycles. The zero-order chi connectivity index (χ0) is 13.8. The highest BCUT2D eigenvalue weighted by Crippen LogP contribution is 2.18. The molecule has 1 aromatic heterocycles. The van der Waals surface area contributed by atoms with Crippen LogP contribution in [0.5, 0.6) is 5.75 Å². The van der Waals surface area contributed by atoms with Gasteiger partial charge in [0.1, 0.15) is 0 Å². The first kappa shape index (κ1) is 13.3. The fourth-order valence-corrected chi connectivity index (χ4v) is 1.92. The highest BCUT2D eigenvalue weighted by Gasteiger charge is 2.20. The quantitative estimate of drug-likeness (QED) is 0.828. The summed E-state index contributed by atoms with van der Waals surface area (Å²) in [6.07, 6.45) is 2.99. The van der Waals surface area contributed by atoms with Crippen LogP contribution in [0.1, 0.15) is 20.8 Å². The van der Waals surface area contributed by atoms with Gasteiger partial charge in [-0.2, -0.15) is 5.10 Å². The maximum atomic E-state index is 11.5. The van der Waals surface area contributed by atoms with Crippen molar-refractivity contribution in [2.45, 2.75) is 26.9 Å². The van der Waals surface area contributed by atoms with Crippen LogP contribution in [0.4, 0.5) is 0 Å². The number of hydrogen-bond donors (Lipinski definition) is 0. The highest BCUT2D eigenvalue weighted by atomic mass is 16.5. The minimum atomic E-state index is -0.423. The zero-order valence-electron chi connectivity index (χ0n) is 11.4. The standard InChI is InChI=1S/C15H18N2O2/c1-11(2)15(12(3)18)19-14-9-16-17(10-14)13-7-5-4-6-8-13/h4-11,15H,1-3H3. The molecule has 4 nitrogen and oxygen atoms in total. The SMILES string of the molecule is CC(=O)C(Oc1cnn(-c2ccccc2)c1)C(C)C. The number of para-hydroxylation sites is 1. The summed E-state index contributed by atoms with van der Waals surface area (Å²) < 4.78 is 7.44. The Morgan fingerprint density at radius 3 is 2.53 bits per heavy atom. The Bertz CT molecular complexity index is 546. The smallest absolute Gasteiger partial charge is 0.170 e. The van der Waals surface area contributed by atoms with Gasteiger partial charge in [-0.15, -0.1) is 0 Å². The van der Waals surface area contributed by atoms with E-state index in [1.165, 1.54) is 0 Å². The second kappa shape index (κ2) is 5.69. The second-order valence-corrected chi connectivity index (χ2v) is 4.85. The third-order valence-electron chi connectivity index (χ3n) is 2.85. The van der Waals surface area contributed by atoms with Gasteiger partial charge >= 0.3 is 0 Å². The molecule has 0 aliphatic heterocycles. The summed E-state index contributed by atoms with van der Waals surface area (Å²) >= 11 is 0. The summed E-state index contributed by atoms with van der Waals surface area (Å²) in [7, 11) is 0. The van der Waals surface area contributed by atoms with Gasteiger partial charge in [0.05, 0.1) is 18.1 Å². The maximum Gasteiger partial charge on any atom is 0.170 e. The first-order valence-corrected chi connectivity index (χ1v) is 6.35. The molecule has 0 amide bonds. The van der Waals surface area contributed by atoms with Crippen molar-refractivity contribution in [3.05, 3.63) is 42.7 Å². The highest BCUT2D eigenvalue weighted by molar-refractivity contribution is 5.81. The van der Waals surface area contributed by atoms with Crippen LogP contribution in [-0.4, -0.2) is 21.7 Å². The van der Waals surface area contributed by atoms with Gasteiger partial charge in [0, 0.05) is 0 Å². The van der Waals surface area contributed by atoms with Crippen LogP contribution < -0.4 is 4.74 Å². The number of nitrogens with zero attached hydrogens (tertiary/aromatic N) is 2. The molecule has 1 unspecified atom stereocenters. The molecular formula is C15H18N2O2. The van der Waals surface area contributed by atoms with Crippen molar-refractivity contribution in [2.24, 2.45) is 5.92 Å². The Morgan fingerprint density at radius 2 is 1.95 bits per heavy atom. The lowest BCUT2D eigenvalue weighted by Gasteiger charge is -2.18. The number of Topliss-reactive ketones (excluding diaryl/α,β-unsaturated/α-hetero) is 1. The van der Waals surface area contributed by atoms with E-state index < -0.39 is 6.10 Å². The predicted molar refractivity (Wildman–Crippen MR) is 73.5 cm³/mol. The van der Waals surface area contributed by atoms with Crippen LogP contribution in [0.25, 0.3) is 5.69 Å². The molecular weight excluding hydrogens is 240 g/mol. The Hall–Kier alpha value is -2.10. The van der Waals surface area contributed by atoms with Crippen LogP contribution in [0, 0.1) is 5.92 Å². The van der Waals surface area contributed by atoms with E-state index in [1.807, 2.05) is 44.2 Å². The Balaban J connectivity index is 2.16. The maximum absolute atomic E-state index is 11.5. The van der Waals surface area contributed by atoms with E-state index in [1.54, 1.807) is 24.0 Å². The number of rotatable bonds is 5. The monoisotopic (exact) mass is 258 g/mol. The Kier molecular flexibility index (Phi) is 4.00. The summed E-state index contributed by atoms with van der Waals surface area (Å²) in [5.41, 5.74) is 0.960. The molecule has 0 saturated heterocycles. The second-order valence-electron chi connectivity index (χ2n) is 4.85. The van der Waals surface area contributed by atoms with E-state index in [0.29, 0.717) is 5.75 Å². The van der Waals surface area contributed by atoms with Crippen molar-refractivity contribution in [1.29, 1.82) is 0 Å². The lowest BCUT2D eigenvalue weighted by molar-refractivity contribution is -0.125. The van der Waals surface area contributed by atoms with Crippen LogP contribution in [0.2, 0.25) is 0 Å². The number of ketones is 1. The summed E-state index contributed by atoms with van der Waals surface area (Å²) in [5, 5.41) is 4.24. The van der Waals surface area contributed by atoms with E-state index in [2.05, 4.69) is 5.10 Å². The van der Waals surface area contributed by atoms with Crippen LogP contribution in [0.15, 0.2) is 42.7 Å². The van der Waals surface area contributed by atoms with Crippen molar-refractivity contribution >= 4 is 5.78 Å². The molecule has 19 heavy (non-hydrogen) atoms. The number of benzene rings is 1. The van der Waals surface area contributed by atoms with Gasteiger partial charge in [0.15, 0.2) is 17.6 Å². The van der Waals surface area contributed by atoms with E-state index >= 15 is 0 Å². The summed E-state index contributed by atoms with van der Waals surface area (Å²) in [4.78, 5) is 11.5. The van der Waals surface area contributed by atoms with Crippen molar-refractivity contribution in [3.63, 3.8) is 0 Å². The number of hydrogen-bond acceptors (Lipinski definition) is 3. The molecule has 2 rings (SSSR count). The molecule has 1 aromatic carbocycles. The molecule has 0 fully saturated rings. The normalized spacial score (nSPS) is 12.4. The van der Waals surface area contributed by atoms with E-state index in [-0.39, 0.29) is 11.7 Å². The topological polar surface area (TPSA) is 44.1 Å². The zero-order valence-corrected chi connectivity index (χ0v) is 11.4. The molecule has 4 heteroatoms. The first-order valence-electron chi connectivity index (χ1n) is 6.35. The molecule has 0 spiro atoms. The predicted octanol–water partition coefficient (Wildman–Crippen LogP) is 2.86. The fraction of sp³-hybridized carbons (Fsp3) is 0.333. The molecule has 0 saturated carbocycles. The number of carbonyl (C=O) groups is 1. The minimum Gasteiger partial charge on any atom is -0.479 e. The summed E-state index contributed by atoms with van der Waals surface area (Å²) in [6, 6.07) is 9.77. The largest absolute Gasteiger partial charge is 0.479 e. The third-order valence-corrected chi connectivity index (χ3v) is 2.85. The van der Waals surface area contributed by atoms with Crippen molar-refractivity contribution < 1.29 is 9.53 Å². The number of ether oxygens (including phenoxy) is 1. The van der Waals surface area contributed by atoms with Gasteiger partial charge in [0.25, 0.3) is 0 Å². The fourth-order valence-electron chi connectivity index (χ4n) is 1.92. The average Bonchev–Trinajstić information content (AvgIpc) is 2.85. The molecule has 0 bridgehead atoms.